The molecule has 5 rings (SSSR count). The number of nitrogens with one attached hydrogen (secondary N) is 1. The van der Waals surface area contributed by atoms with E-state index >= 15 is 0 Å². The number of carbonyl (C=O) groups is 1. The van der Waals surface area contributed by atoms with Crippen LogP contribution in [-0.2, 0) is 6.54 Å². The van der Waals surface area contributed by atoms with Crippen LogP contribution in [-0.4, -0.2) is 26.7 Å². The van der Waals surface area contributed by atoms with Crippen molar-refractivity contribution in [2.75, 3.05) is 0 Å². The predicted molar refractivity (Wildman–Crippen MR) is 122 cm³/mol. The van der Waals surface area contributed by atoms with Gasteiger partial charge < -0.3 is 5.32 Å². The van der Waals surface area contributed by atoms with Crippen molar-refractivity contribution in [1.29, 1.82) is 0 Å². The third kappa shape index (κ3) is 4.55. The second-order valence-corrected chi connectivity index (χ2v) is 9.10. The average Bonchev–Trinajstić information content (AvgIpc) is 3.24. The Balaban J connectivity index is 1.37. The number of fused-ring (bicyclic) bond motifs is 1. The number of benzene rings is 1. The van der Waals surface area contributed by atoms with Gasteiger partial charge in [-0.3, -0.25) is 14.5 Å². The summed E-state index contributed by atoms with van der Waals surface area (Å²) < 4.78 is 1.87. The Morgan fingerprint density at radius 2 is 1.84 bits per heavy atom. The van der Waals surface area contributed by atoms with Gasteiger partial charge in [0.15, 0.2) is 0 Å². The molecule has 3 atom stereocenters. The molecule has 31 heavy (non-hydrogen) atoms. The predicted octanol–water partition coefficient (Wildman–Crippen LogP) is 5.08. The highest BCUT2D eigenvalue weighted by molar-refractivity contribution is 5.99. The molecule has 3 aromatic rings. The number of nitrogens with zero attached hydrogens (tertiary/aromatic N) is 3. The minimum absolute atomic E-state index is 0.0163. The Morgan fingerprint density at radius 3 is 2.65 bits per heavy atom. The monoisotopic (exact) mass is 414 g/mol. The van der Waals surface area contributed by atoms with Gasteiger partial charge in [-0.15, -0.1) is 0 Å². The number of aromatic nitrogens is 3. The molecule has 2 aliphatic carbocycles. The molecule has 0 bridgehead atoms. The Hall–Kier alpha value is -2.95. The number of hydrogen-bond donors (Lipinski definition) is 1. The average molecular weight is 415 g/mol. The van der Waals surface area contributed by atoms with E-state index in [0.29, 0.717) is 17.8 Å². The summed E-state index contributed by atoms with van der Waals surface area (Å²) in [5, 5.41) is 8.11. The maximum absolute atomic E-state index is 13.3. The van der Waals surface area contributed by atoms with Gasteiger partial charge in [-0.25, -0.2) is 0 Å². The van der Waals surface area contributed by atoms with Crippen molar-refractivity contribution in [2.24, 2.45) is 11.8 Å². The van der Waals surface area contributed by atoms with E-state index in [2.05, 4.69) is 22.4 Å². The van der Waals surface area contributed by atoms with E-state index < -0.39 is 0 Å². The second kappa shape index (κ2) is 9.04. The van der Waals surface area contributed by atoms with Crippen LogP contribution in [0.4, 0.5) is 0 Å². The van der Waals surface area contributed by atoms with Gasteiger partial charge in [0.25, 0.3) is 5.91 Å². The van der Waals surface area contributed by atoms with Crippen LogP contribution < -0.4 is 5.32 Å². The fraction of sp³-hybridized carbons (Fsp3) is 0.423. The van der Waals surface area contributed by atoms with E-state index in [0.717, 1.165) is 35.8 Å². The van der Waals surface area contributed by atoms with E-state index in [1.54, 1.807) is 12.4 Å². The number of carbonyl (C=O) groups excluding carboxylic acids is 1. The molecule has 5 nitrogen and oxygen atoms in total. The maximum Gasteiger partial charge on any atom is 0.255 e. The largest absolute Gasteiger partial charge is 0.349 e. The number of rotatable bonds is 5. The van der Waals surface area contributed by atoms with Crippen molar-refractivity contribution in [1.82, 2.24) is 20.1 Å². The zero-order valence-corrected chi connectivity index (χ0v) is 17.9. The van der Waals surface area contributed by atoms with E-state index in [9.17, 15) is 4.79 Å². The van der Waals surface area contributed by atoms with E-state index in [1.165, 1.54) is 32.1 Å². The molecule has 1 amide bonds. The van der Waals surface area contributed by atoms with Gasteiger partial charge in [-0.1, -0.05) is 56.0 Å². The summed E-state index contributed by atoms with van der Waals surface area (Å²) in [6.07, 6.45) is 14.3. The molecule has 2 aliphatic rings. The summed E-state index contributed by atoms with van der Waals surface area (Å²) in [7, 11) is 0. The lowest BCUT2D eigenvalue weighted by Crippen LogP contribution is -2.41. The van der Waals surface area contributed by atoms with Crippen molar-refractivity contribution < 1.29 is 4.79 Å². The van der Waals surface area contributed by atoms with Crippen LogP contribution in [0.1, 0.15) is 60.9 Å². The lowest BCUT2D eigenvalue weighted by atomic mass is 9.69. The first-order valence-electron chi connectivity index (χ1n) is 11.6. The van der Waals surface area contributed by atoms with Gasteiger partial charge in [0.2, 0.25) is 0 Å². The van der Waals surface area contributed by atoms with Crippen LogP contribution in [0.15, 0.2) is 61.1 Å². The number of pyridine rings is 1. The van der Waals surface area contributed by atoms with E-state index in [4.69, 9.17) is 5.10 Å². The molecule has 160 valence electrons. The molecule has 5 heteroatoms. The highest BCUT2D eigenvalue weighted by atomic mass is 16.1. The first-order valence-corrected chi connectivity index (χ1v) is 11.6. The molecule has 0 unspecified atom stereocenters. The molecule has 0 radical (unpaired) electrons. The van der Waals surface area contributed by atoms with Crippen molar-refractivity contribution in [3.63, 3.8) is 0 Å². The molecule has 0 aliphatic heterocycles. The molecule has 2 aromatic heterocycles. The standard InChI is InChI=1S/C26H30N4O/c31-26(28-23-13-12-20-9-4-5-10-21(20)15-23)24-18-30(17-19-7-2-1-3-8-19)29-25(24)22-11-6-14-27-16-22/h1-3,6-8,11,14,16,18,20-21,23H,4-5,9-10,12-13,15,17H2,(H,28,31)/t20-,21+,23+/m0/s1. The molecule has 0 saturated heterocycles. The third-order valence-electron chi connectivity index (χ3n) is 7.00. The van der Waals surface area contributed by atoms with Crippen LogP contribution in [0.2, 0.25) is 0 Å². The lowest BCUT2D eigenvalue weighted by Gasteiger charge is -2.39. The molecule has 0 spiro atoms. The van der Waals surface area contributed by atoms with Crippen LogP contribution in [0.25, 0.3) is 11.3 Å². The molecule has 1 N–H and O–H groups in total. The summed E-state index contributed by atoms with van der Waals surface area (Å²) >= 11 is 0. The minimum Gasteiger partial charge on any atom is -0.349 e. The SMILES string of the molecule is O=C(N[C@@H]1CC[C@@H]2CCCC[C@@H]2C1)c1cn(Cc2ccccc2)nc1-c1cccnc1. The van der Waals surface area contributed by atoms with Crippen LogP contribution in [0.5, 0.6) is 0 Å². The van der Waals surface area contributed by atoms with Crippen LogP contribution in [0.3, 0.4) is 0 Å². The Kier molecular flexibility index (Phi) is 5.83. The van der Waals surface area contributed by atoms with Crippen molar-refractivity contribution in [3.8, 4) is 11.3 Å². The highest BCUT2D eigenvalue weighted by Gasteiger charge is 2.33. The van der Waals surface area contributed by atoms with Gasteiger partial charge in [-0.05, 0) is 48.8 Å². The molecule has 2 fully saturated rings. The Bertz CT molecular complexity index is 1010. The third-order valence-corrected chi connectivity index (χ3v) is 7.00. The molecule has 2 heterocycles. The van der Waals surface area contributed by atoms with Crippen LogP contribution in [0, 0.1) is 11.8 Å². The summed E-state index contributed by atoms with van der Waals surface area (Å²) in [5.41, 5.74) is 3.36. The smallest absolute Gasteiger partial charge is 0.255 e. The Labute approximate surface area is 183 Å². The summed E-state index contributed by atoms with van der Waals surface area (Å²) in [4.78, 5) is 17.6. The summed E-state index contributed by atoms with van der Waals surface area (Å²) in [6, 6.07) is 14.3. The first kappa shape index (κ1) is 20.0. The second-order valence-electron chi connectivity index (χ2n) is 9.10. The van der Waals surface area contributed by atoms with E-state index in [-0.39, 0.29) is 11.9 Å². The molecule has 2 saturated carbocycles. The highest BCUT2D eigenvalue weighted by Crippen LogP contribution is 2.40. The Morgan fingerprint density at radius 1 is 1.00 bits per heavy atom. The van der Waals surface area contributed by atoms with Crippen molar-refractivity contribution in [2.45, 2.75) is 57.5 Å². The van der Waals surface area contributed by atoms with Gasteiger partial charge in [0, 0.05) is 30.2 Å². The number of hydrogen-bond acceptors (Lipinski definition) is 3. The maximum atomic E-state index is 13.3. The lowest BCUT2D eigenvalue weighted by molar-refractivity contribution is 0.0880. The quantitative estimate of drug-likeness (QED) is 0.633. The fourth-order valence-electron chi connectivity index (χ4n) is 5.42. The first-order chi connectivity index (χ1) is 15.3. The molecule has 1 aromatic carbocycles. The minimum atomic E-state index is -0.0163. The van der Waals surface area contributed by atoms with Gasteiger partial charge in [0.05, 0.1) is 12.1 Å². The fourth-order valence-corrected chi connectivity index (χ4v) is 5.42. The van der Waals surface area contributed by atoms with Crippen molar-refractivity contribution in [3.05, 3.63) is 72.2 Å². The zero-order valence-electron chi connectivity index (χ0n) is 17.9. The molecular weight excluding hydrogens is 384 g/mol. The summed E-state index contributed by atoms with van der Waals surface area (Å²) in [5.74, 6) is 1.64. The van der Waals surface area contributed by atoms with E-state index in [1.807, 2.05) is 41.2 Å². The summed E-state index contributed by atoms with van der Waals surface area (Å²) in [6.45, 7) is 0.633. The number of amides is 1. The van der Waals surface area contributed by atoms with Gasteiger partial charge in [-0.2, -0.15) is 5.10 Å². The topological polar surface area (TPSA) is 59.8 Å². The van der Waals surface area contributed by atoms with Crippen LogP contribution >= 0.6 is 0 Å². The van der Waals surface area contributed by atoms with Gasteiger partial charge in [0.1, 0.15) is 5.69 Å². The van der Waals surface area contributed by atoms with Gasteiger partial charge >= 0.3 is 0 Å². The van der Waals surface area contributed by atoms with Crippen molar-refractivity contribution >= 4 is 5.91 Å². The molecular formula is C26H30N4O. The zero-order chi connectivity index (χ0) is 21.0. The normalized spacial score (nSPS) is 23.2.